The normalized spacial score (nSPS) is 15.8. The molecule has 2 amide bonds. The van der Waals surface area contributed by atoms with E-state index in [4.69, 9.17) is 9.47 Å². The van der Waals surface area contributed by atoms with Crippen molar-refractivity contribution in [3.63, 3.8) is 0 Å². The van der Waals surface area contributed by atoms with E-state index >= 15 is 0 Å². The Hall–Kier alpha value is -2.83. The minimum Gasteiger partial charge on any atom is -0.496 e. The summed E-state index contributed by atoms with van der Waals surface area (Å²) in [5, 5.41) is 2.74. The van der Waals surface area contributed by atoms with E-state index in [2.05, 4.69) is 12.2 Å². The van der Waals surface area contributed by atoms with Gasteiger partial charge in [0, 0.05) is 24.7 Å². The fourth-order valence-corrected chi connectivity index (χ4v) is 4.23. The molecular weight excluding hydrogens is 444 g/mol. The van der Waals surface area contributed by atoms with Crippen LogP contribution in [0.1, 0.15) is 83.1 Å². The zero-order valence-electron chi connectivity index (χ0n) is 21.4. The second-order valence-corrected chi connectivity index (χ2v) is 9.02. The molecule has 7 heteroatoms. The van der Waals surface area contributed by atoms with Crippen molar-refractivity contribution in [3.05, 3.63) is 35.9 Å². The summed E-state index contributed by atoms with van der Waals surface area (Å²) in [6.07, 6.45) is 15.0. The number of rotatable bonds is 16. The molecule has 2 rings (SSSR count). The molecule has 0 aromatic heterocycles. The van der Waals surface area contributed by atoms with Gasteiger partial charge >= 0.3 is 5.97 Å². The Balaban J connectivity index is 1.73. The molecule has 1 unspecified atom stereocenters. The Kier molecular flexibility index (Phi) is 13.6. The fourth-order valence-electron chi connectivity index (χ4n) is 4.23. The van der Waals surface area contributed by atoms with Crippen molar-refractivity contribution in [2.75, 3.05) is 26.8 Å². The number of nitrogens with zero attached hydrogens (tertiary/aromatic N) is 1. The summed E-state index contributed by atoms with van der Waals surface area (Å²) in [5.74, 6) is -0.445. The van der Waals surface area contributed by atoms with Crippen molar-refractivity contribution in [2.24, 2.45) is 0 Å². The Morgan fingerprint density at radius 1 is 1.03 bits per heavy atom. The van der Waals surface area contributed by atoms with Crippen LogP contribution >= 0.6 is 0 Å². The zero-order valence-corrected chi connectivity index (χ0v) is 21.4. The predicted molar refractivity (Wildman–Crippen MR) is 138 cm³/mol. The third-order valence-corrected chi connectivity index (χ3v) is 6.28. The summed E-state index contributed by atoms with van der Waals surface area (Å²) in [4.78, 5) is 39.1. The van der Waals surface area contributed by atoms with Crippen LogP contribution in [0.5, 0.6) is 5.75 Å². The van der Waals surface area contributed by atoms with Crippen LogP contribution in [-0.2, 0) is 19.1 Å². The van der Waals surface area contributed by atoms with Gasteiger partial charge in [0.2, 0.25) is 11.8 Å². The molecule has 35 heavy (non-hydrogen) atoms. The molecule has 0 bridgehead atoms. The summed E-state index contributed by atoms with van der Waals surface area (Å²) < 4.78 is 10.7. The van der Waals surface area contributed by atoms with E-state index in [1.54, 1.807) is 13.2 Å². The van der Waals surface area contributed by atoms with Gasteiger partial charge in [-0.25, -0.2) is 0 Å². The maximum atomic E-state index is 12.8. The lowest BCUT2D eigenvalue weighted by molar-refractivity contribution is -0.150. The standard InChI is InChI=1S/C28H42N2O5/c1-3-4-5-6-7-8-9-10-11-14-21-35-27(32)22-24-28(33)29-19-20-30(24)26(31)18-17-23-15-12-13-16-25(23)34-2/h12-13,15-18,24H,3-11,14,19-22H2,1-2H3,(H,29,33)/b18-17+. The van der Waals surface area contributed by atoms with Gasteiger partial charge < -0.3 is 19.7 Å². The first-order valence-electron chi connectivity index (χ1n) is 13.1. The molecular formula is C28H42N2O5. The van der Waals surface area contributed by atoms with Gasteiger partial charge in [-0.15, -0.1) is 0 Å². The van der Waals surface area contributed by atoms with E-state index in [-0.39, 0.29) is 18.2 Å². The molecule has 1 aromatic rings. The SMILES string of the molecule is CCCCCCCCCCCCOC(=O)CC1C(=O)NCCN1C(=O)/C=C/c1ccccc1OC. The van der Waals surface area contributed by atoms with Crippen molar-refractivity contribution in [1.82, 2.24) is 10.2 Å². The van der Waals surface area contributed by atoms with E-state index in [1.807, 2.05) is 24.3 Å². The van der Waals surface area contributed by atoms with Gasteiger partial charge in [0.25, 0.3) is 0 Å². The van der Waals surface area contributed by atoms with Crippen LogP contribution in [0.2, 0.25) is 0 Å². The summed E-state index contributed by atoms with van der Waals surface area (Å²) in [5.41, 5.74) is 0.761. The van der Waals surface area contributed by atoms with Gasteiger partial charge in [-0.05, 0) is 18.6 Å². The van der Waals surface area contributed by atoms with Crippen LogP contribution in [-0.4, -0.2) is 55.5 Å². The highest BCUT2D eigenvalue weighted by Crippen LogP contribution is 2.19. The highest BCUT2D eigenvalue weighted by atomic mass is 16.5. The monoisotopic (exact) mass is 486 g/mol. The molecule has 7 nitrogen and oxygen atoms in total. The van der Waals surface area contributed by atoms with E-state index < -0.39 is 12.0 Å². The van der Waals surface area contributed by atoms with Crippen LogP contribution in [0.15, 0.2) is 30.3 Å². The summed E-state index contributed by atoms with van der Waals surface area (Å²) in [7, 11) is 1.57. The van der Waals surface area contributed by atoms with Crippen LogP contribution in [0.25, 0.3) is 6.08 Å². The first kappa shape index (κ1) is 28.4. The third-order valence-electron chi connectivity index (χ3n) is 6.28. The zero-order chi connectivity index (χ0) is 25.3. The number of piperazine rings is 1. The Labute approximate surface area is 210 Å². The molecule has 1 aliphatic rings. The largest absolute Gasteiger partial charge is 0.496 e. The molecule has 0 radical (unpaired) electrons. The van der Waals surface area contributed by atoms with Gasteiger partial charge in [-0.3, -0.25) is 14.4 Å². The molecule has 0 aliphatic carbocycles. The number of hydrogen-bond acceptors (Lipinski definition) is 5. The predicted octanol–water partition coefficient (Wildman–Crippen LogP) is 4.89. The highest BCUT2D eigenvalue weighted by molar-refractivity contribution is 5.97. The van der Waals surface area contributed by atoms with Gasteiger partial charge in [-0.2, -0.15) is 0 Å². The molecule has 1 saturated heterocycles. The van der Waals surface area contributed by atoms with Crippen molar-refractivity contribution in [2.45, 2.75) is 83.6 Å². The molecule has 1 N–H and O–H groups in total. The van der Waals surface area contributed by atoms with Crippen LogP contribution in [0.3, 0.4) is 0 Å². The third kappa shape index (κ3) is 10.5. The first-order chi connectivity index (χ1) is 17.1. The lowest BCUT2D eigenvalue weighted by atomic mass is 10.1. The number of nitrogens with one attached hydrogen (secondary N) is 1. The first-order valence-corrected chi connectivity index (χ1v) is 13.1. The lowest BCUT2D eigenvalue weighted by Gasteiger charge is -2.33. The maximum Gasteiger partial charge on any atom is 0.308 e. The fraction of sp³-hybridized carbons (Fsp3) is 0.607. The van der Waals surface area contributed by atoms with Crippen molar-refractivity contribution >= 4 is 23.9 Å². The number of carbonyl (C=O) groups excluding carboxylic acids is 3. The number of ether oxygens (including phenoxy) is 2. The molecule has 0 spiro atoms. The van der Waals surface area contributed by atoms with Gasteiger partial charge in [0.1, 0.15) is 11.8 Å². The molecule has 1 heterocycles. The van der Waals surface area contributed by atoms with Crippen molar-refractivity contribution < 1.29 is 23.9 Å². The highest BCUT2D eigenvalue weighted by Gasteiger charge is 2.34. The second-order valence-electron chi connectivity index (χ2n) is 9.02. The van der Waals surface area contributed by atoms with E-state index in [0.717, 1.165) is 24.8 Å². The van der Waals surface area contributed by atoms with Crippen LogP contribution < -0.4 is 10.1 Å². The van der Waals surface area contributed by atoms with Gasteiger partial charge in [0.15, 0.2) is 0 Å². The maximum absolute atomic E-state index is 12.8. The quantitative estimate of drug-likeness (QED) is 0.204. The molecule has 1 aliphatic heterocycles. The molecule has 1 fully saturated rings. The molecule has 1 aromatic carbocycles. The summed E-state index contributed by atoms with van der Waals surface area (Å²) in [6, 6.07) is 6.50. The topological polar surface area (TPSA) is 84.9 Å². The Bertz CT molecular complexity index is 823. The lowest BCUT2D eigenvalue weighted by Crippen LogP contribution is -2.57. The number of carbonyl (C=O) groups is 3. The van der Waals surface area contributed by atoms with E-state index in [9.17, 15) is 14.4 Å². The van der Waals surface area contributed by atoms with Gasteiger partial charge in [-0.1, -0.05) is 82.9 Å². The number of para-hydroxylation sites is 1. The Morgan fingerprint density at radius 3 is 2.37 bits per heavy atom. The summed E-state index contributed by atoms with van der Waals surface area (Å²) in [6.45, 7) is 3.29. The number of amides is 2. The van der Waals surface area contributed by atoms with Crippen molar-refractivity contribution in [1.29, 1.82) is 0 Å². The number of hydrogen-bond donors (Lipinski definition) is 1. The van der Waals surface area contributed by atoms with Crippen LogP contribution in [0, 0.1) is 0 Å². The number of esters is 1. The molecule has 194 valence electrons. The number of methoxy groups -OCH3 is 1. The summed E-state index contributed by atoms with van der Waals surface area (Å²) >= 11 is 0. The second kappa shape index (κ2) is 16.7. The average molecular weight is 487 g/mol. The minimum absolute atomic E-state index is 0.141. The minimum atomic E-state index is -0.862. The number of unbranched alkanes of at least 4 members (excludes halogenated alkanes) is 9. The molecule has 1 atom stereocenters. The molecule has 0 saturated carbocycles. The van der Waals surface area contributed by atoms with E-state index in [0.29, 0.717) is 25.4 Å². The van der Waals surface area contributed by atoms with Crippen molar-refractivity contribution in [3.8, 4) is 5.75 Å². The van der Waals surface area contributed by atoms with Crippen LogP contribution in [0.4, 0.5) is 0 Å². The Morgan fingerprint density at radius 2 is 1.69 bits per heavy atom. The average Bonchev–Trinajstić information content (AvgIpc) is 2.87. The smallest absolute Gasteiger partial charge is 0.308 e. The van der Waals surface area contributed by atoms with Gasteiger partial charge in [0.05, 0.1) is 20.1 Å². The number of benzene rings is 1. The van der Waals surface area contributed by atoms with E-state index in [1.165, 1.54) is 55.9 Å².